The fourth-order valence-electron chi connectivity index (χ4n) is 3.01. The Morgan fingerprint density at radius 2 is 1.96 bits per heavy atom. The fourth-order valence-corrected chi connectivity index (χ4v) is 3.69. The van der Waals surface area contributed by atoms with Crippen molar-refractivity contribution in [3.8, 4) is 5.75 Å². The molecule has 0 saturated carbocycles. The van der Waals surface area contributed by atoms with Crippen LogP contribution in [0.15, 0.2) is 24.3 Å². The Morgan fingerprint density at radius 1 is 1.19 bits per heavy atom. The summed E-state index contributed by atoms with van der Waals surface area (Å²) in [6.07, 6.45) is 0.811. The molecule has 1 fully saturated rings. The monoisotopic (exact) mass is 392 g/mol. The van der Waals surface area contributed by atoms with E-state index in [0.29, 0.717) is 24.8 Å². The molecule has 9 heteroatoms. The number of hydrogen-bond acceptors (Lipinski definition) is 8. The van der Waals surface area contributed by atoms with Crippen LogP contribution < -0.4 is 15.4 Å². The number of aromatic nitrogens is 2. The van der Waals surface area contributed by atoms with E-state index in [1.54, 1.807) is 7.05 Å². The van der Waals surface area contributed by atoms with E-state index in [-0.39, 0.29) is 0 Å². The molecular formula is C18H28N6O2S. The first-order valence-corrected chi connectivity index (χ1v) is 10.3. The Kier molecular flexibility index (Phi) is 7.22. The minimum Gasteiger partial charge on any atom is -0.546 e. The quantitative estimate of drug-likeness (QED) is 0.494. The summed E-state index contributed by atoms with van der Waals surface area (Å²) < 4.78 is 25.0. The summed E-state index contributed by atoms with van der Waals surface area (Å²) in [4.78, 5) is 4.85. The lowest BCUT2D eigenvalue weighted by Gasteiger charge is -2.32. The Bertz CT molecular complexity index is 718. The molecular weight excluding hydrogens is 364 g/mol. The molecule has 1 saturated heterocycles. The Labute approximate surface area is 163 Å². The van der Waals surface area contributed by atoms with E-state index in [9.17, 15) is 4.55 Å². The highest BCUT2D eigenvalue weighted by molar-refractivity contribution is 7.14. The standard InChI is InChI=1S/C18H28N6O2S/c1-19-17-18(22-27(25)21-17)20-7-4-12-26-16-6-3-5-15(13-16)14-24-10-8-23(2)9-11-24/h3,5-6,13H,4,7-12,14H2,1-2H3,(H,19,21)(H,20,22). The summed E-state index contributed by atoms with van der Waals surface area (Å²) in [6, 6.07) is 8.33. The van der Waals surface area contributed by atoms with Crippen LogP contribution in [-0.4, -0.2) is 76.5 Å². The number of benzene rings is 1. The number of piperazine rings is 1. The average molecular weight is 393 g/mol. The smallest absolute Gasteiger partial charge is 0.232 e. The minimum atomic E-state index is -1.51. The zero-order chi connectivity index (χ0) is 19.1. The van der Waals surface area contributed by atoms with Crippen molar-refractivity contribution < 1.29 is 9.29 Å². The van der Waals surface area contributed by atoms with Gasteiger partial charge in [0.25, 0.3) is 0 Å². The molecule has 1 aliphatic rings. The second kappa shape index (κ2) is 9.84. The van der Waals surface area contributed by atoms with Gasteiger partial charge < -0.3 is 24.8 Å². The maximum Gasteiger partial charge on any atom is 0.232 e. The first kappa shape index (κ1) is 19.8. The minimum absolute atomic E-state index is 0.533. The van der Waals surface area contributed by atoms with E-state index in [0.717, 1.165) is 44.9 Å². The molecule has 1 aliphatic heterocycles. The molecule has 1 aromatic heterocycles. The molecule has 27 heavy (non-hydrogen) atoms. The SMILES string of the molecule is CNc1n[s+]([O-])nc1NCCCOc1cccc(CN2CCN(C)CC2)c1. The molecule has 8 nitrogen and oxygen atoms in total. The maximum absolute atomic E-state index is 11.3. The van der Waals surface area contributed by atoms with Crippen molar-refractivity contribution in [2.24, 2.45) is 0 Å². The Hall–Kier alpha value is -1.94. The third-order valence-corrected chi connectivity index (χ3v) is 5.26. The highest BCUT2D eigenvalue weighted by Gasteiger charge is 2.14. The van der Waals surface area contributed by atoms with Gasteiger partial charge in [-0.15, -0.1) is 0 Å². The van der Waals surface area contributed by atoms with Gasteiger partial charge in [-0.3, -0.25) is 4.90 Å². The molecule has 0 spiro atoms. The van der Waals surface area contributed by atoms with E-state index in [4.69, 9.17) is 4.74 Å². The zero-order valence-electron chi connectivity index (χ0n) is 16.0. The van der Waals surface area contributed by atoms with E-state index in [1.807, 2.05) is 6.07 Å². The van der Waals surface area contributed by atoms with Crippen LogP contribution in [0, 0.1) is 0 Å². The number of likely N-dealkylation sites (N-methyl/N-ethyl adjacent to an activating group) is 1. The molecule has 0 bridgehead atoms. The van der Waals surface area contributed by atoms with E-state index in [2.05, 4.69) is 54.4 Å². The lowest BCUT2D eigenvalue weighted by molar-refractivity contribution is 0.148. The number of rotatable bonds is 9. The first-order chi connectivity index (χ1) is 13.1. The van der Waals surface area contributed by atoms with E-state index < -0.39 is 11.1 Å². The topological polar surface area (TPSA) is 88.6 Å². The van der Waals surface area contributed by atoms with Crippen LogP contribution in [0.1, 0.15) is 12.0 Å². The van der Waals surface area contributed by atoms with Crippen LogP contribution in [-0.2, 0) is 6.54 Å². The van der Waals surface area contributed by atoms with Crippen LogP contribution in [0.2, 0.25) is 0 Å². The molecule has 0 aliphatic carbocycles. The van der Waals surface area contributed by atoms with Gasteiger partial charge in [0.15, 0.2) is 11.1 Å². The van der Waals surface area contributed by atoms with Crippen molar-refractivity contribution in [3.05, 3.63) is 29.8 Å². The molecule has 2 heterocycles. The van der Waals surface area contributed by atoms with Gasteiger partial charge >= 0.3 is 0 Å². The highest BCUT2D eigenvalue weighted by atomic mass is 32.2. The zero-order valence-corrected chi connectivity index (χ0v) is 16.8. The maximum atomic E-state index is 11.3. The third-order valence-electron chi connectivity index (χ3n) is 4.58. The van der Waals surface area contributed by atoms with Gasteiger partial charge in [-0.1, -0.05) is 12.1 Å². The molecule has 2 N–H and O–H groups in total. The number of nitrogens with zero attached hydrogens (tertiary/aromatic N) is 4. The second-order valence-corrected chi connectivity index (χ2v) is 7.54. The van der Waals surface area contributed by atoms with Gasteiger partial charge in [0.2, 0.25) is 11.6 Å². The van der Waals surface area contributed by atoms with Crippen LogP contribution in [0.5, 0.6) is 5.75 Å². The highest BCUT2D eigenvalue weighted by Crippen LogP contribution is 2.21. The van der Waals surface area contributed by atoms with Crippen LogP contribution >= 0.6 is 11.1 Å². The molecule has 1 aromatic carbocycles. The normalized spacial score (nSPS) is 16.3. The molecule has 3 rings (SSSR count). The Balaban J connectivity index is 1.39. The van der Waals surface area contributed by atoms with Gasteiger partial charge in [-0.25, -0.2) is 0 Å². The van der Waals surface area contributed by atoms with Gasteiger partial charge in [-0.05, 0) is 31.2 Å². The second-order valence-electron chi connectivity index (χ2n) is 6.72. The Morgan fingerprint density at radius 3 is 2.74 bits per heavy atom. The van der Waals surface area contributed by atoms with Crippen molar-refractivity contribution in [2.45, 2.75) is 13.0 Å². The summed E-state index contributed by atoms with van der Waals surface area (Å²) >= 11 is -1.51. The van der Waals surface area contributed by atoms with Gasteiger partial charge in [0.1, 0.15) is 5.75 Å². The number of nitrogens with one attached hydrogen (secondary N) is 2. The predicted molar refractivity (Wildman–Crippen MR) is 108 cm³/mol. The van der Waals surface area contributed by atoms with Gasteiger partial charge in [0.05, 0.1) is 6.61 Å². The lowest BCUT2D eigenvalue weighted by Crippen LogP contribution is -2.43. The number of hydrogen-bond donors (Lipinski definition) is 2. The fraction of sp³-hybridized carbons (Fsp3) is 0.556. The van der Waals surface area contributed by atoms with Crippen LogP contribution in [0.25, 0.3) is 0 Å². The van der Waals surface area contributed by atoms with Crippen molar-refractivity contribution in [3.63, 3.8) is 0 Å². The largest absolute Gasteiger partial charge is 0.546 e. The molecule has 0 radical (unpaired) electrons. The number of ether oxygens (including phenoxy) is 1. The summed E-state index contributed by atoms with van der Waals surface area (Å²) in [5.74, 6) is 1.98. The van der Waals surface area contributed by atoms with Gasteiger partial charge in [0, 0.05) is 55.1 Å². The van der Waals surface area contributed by atoms with Crippen molar-refractivity contribution >= 4 is 22.8 Å². The molecule has 0 amide bonds. The van der Waals surface area contributed by atoms with Crippen molar-refractivity contribution in [2.75, 3.05) is 64.1 Å². The van der Waals surface area contributed by atoms with E-state index in [1.165, 1.54) is 5.56 Å². The molecule has 148 valence electrons. The van der Waals surface area contributed by atoms with E-state index >= 15 is 0 Å². The first-order valence-electron chi connectivity index (χ1n) is 9.28. The summed E-state index contributed by atoms with van der Waals surface area (Å²) in [7, 11) is 3.91. The van der Waals surface area contributed by atoms with Crippen molar-refractivity contribution in [1.29, 1.82) is 0 Å². The number of anilines is 2. The van der Waals surface area contributed by atoms with Crippen LogP contribution in [0.3, 0.4) is 0 Å². The third kappa shape index (κ3) is 6.03. The van der Waals surface area contributed by atoms with Crippen LogP contribution in [0.4, 0.5) is 11.6 Å². The lowest BCUT2D eigenvalue weighted by atomic mass is 10.2. The molecule has 1 unspecified atom stereocenters. The summed E-state index contributed by atoms with van der Waals surface area (Å²) in [6.45, 7) is 6.73. The van der Waals surface area contributed by atoms with Gasteiger partial charge in [-0.2, -0.15) is 0 Å². The molecule has 2 aromatic rings. The summed E-state index contributed by atoms with van der Waals surface area (Å²) in [5, 5.41) is 6.02. The summed E-state index contributed by atoms with van der Waals surface area (Å²) in [5.41, 5.74) is 1.29. The average Bonchev–Trinajstić information content (AvgIpc) is 3.03. The van der Waals surface area contributed by atoms with Crippen molar-refractivity contribution in [1.82, 2.24) is 18.5 Å². The predicted octanol–water partition coefficient (Wildman–Crippen LogP) is 1.87. The molecule has 1 atom stereocenters.